The van der Waals surface area contributed by atoms with Crippen LogP contribution >= 0.6 is 15.9 Å². The van der Waals surface area contributed by atoms with Gasteiger partial charge in [0.15, 0.2) is 0 Å². The van der Waals surface area contributed by atoms with E-state index in [1.165, 1.54) is 7.11 Å². The van der Waals surface area contributed by atoms with Crippen molar-refractivity contribution in [3.8, 4) is 0 Å². The van der Waals surface area contributed by atoms with E-state index in [9.17, 15) is 9.90 Å². The van der Waals surface area contributed by atoms with E-state index in [4.69, 9.17) is 4.74 Å². The first-order valence-electron chi connectivity index (χ1n) is 6.68. The van der Waals surface area contributed by atoms with Crippen LogP contribution in [0.2, 0.25) is 0 Å². The second kappa shape index (κ2) is 6.24. The van der Waals surface area contributed by atoms with Crippen molar-refractivity contribution in [3.05, 3.63) is 34.3 Å². The number of carbonyl (C=O) groups is 1. The largest absolute Gasteiger partial charge is 0.389 e. The molecule has 1 N–H and O–H groups in total. The van der Waals surface area contributed by atoms with Gasteiger partial charge in [0.1, 0.15) is 0 Å². The van der Waals surface area contributed by atoms with Gasteiger partial charge in [0.25, 0.3) is 0 Å². The molecule has 20 heavy (non-hydrogen) atoms. The average Bonchev–Trinajstić information content (AvgIpc) is 3.20. The Morgan fingerprint density at radius 3 is 2.55 bits per heavy atom. The molecule has 1 aliphatic rings. The minimum atomic E-state index is -0.644. The average molecular weight is 342 g/mol. The molecular weight excluding hydrogens is 322 g/mol. The third-order valence-electron chi connectivity index (χ3n) is 3.75. The van der Waals surface area contributed by atoms with Gasteiger partial charge in [-0.3, -0.25) is 4.79 Å². The summed E-state index contributed by atoms with van der Waals surface area (Å²) in [6, 6.07) is 7.91. The summed E-state index contributed by atoms with van der Waals surface area (Å²) in [5, 5.41) is 9.74. The van der Waals surface area contributed by atoms with Crippen LogP contribution in [-0.2, 0) is 14.9 Å². The van der Waals surface area contributed by atoms with Crippen molar-refractivity contribution >= 4 is 21.8 Å². The Kier molecular flexibility index (Phi) is 4.83. The van der Waals surface area contributed by atoms with Gasteiger partial charge < -0.3 is 14.7 Å². The van der Waals surface area contributed by atoms with Gasteiger partial charge >= 0.3 is 0 Å². The van der Waals surface area contributed by atoms with Crippen molar-refractivity contribution in [1.29, 1.82) is 0 Å². The van der Waals surface area contributed by atoms with Gasteiger partial charge in [-0.2, -0.15) is 0 Å². The smallest absolute Gasteiger partial charge is 0.233 e. The molecule has 0 aliphatic heterocycles. The minimum absolute atomic E-state index is 0.0787. The Balaban J connectivity index is 2.06. The van der Waals surface area contributed by atoms with Crippen molar-refractivity contribution in [3.63, 3.8) is 0 Å². The number of aliphatic hydroxyl groups excluding tert-OH is 1. The molecule has 0 aromatic heterocycles. The van der Waals surface area contributed by atoms with Crippen molar-refractivity contribution in [2.45, 2.75) is 24.4 Å². The Morgan fingerprint density at radius 2 is 2.05 bits per heavy atom. The van der Waals surface area contributed by atoms with E-state index in [0.717, 1.165) is 22.9 Å². The highest BCUT2D eigenvalue weighted by atomic mass is 79.9. The van der Waals surface area contributed by atoms with Crippen LogP contribution in [0.15, 0.2) is 28.7 Å². The van der Waals surface area contributed by atoms with E-state index < -0.39 is 6.10 Å². The molecule has 1 aromatic rings. The van der Waals surface area contributed by atoms with Crippen molar-refractivity contribution in [1.82, 2.24) is 4.90 Å². The molecule has 1 amide bonds. The Bertz CT molecular complexity index is 471. The molecule has 0 saturated heterocycles. The van der Waals surface area contributed by atoms with Gasteiger partial charge in [-0.1, -0.05) is 28.1 Å². The lowest BCUT2D eigenvalue weighted by molar-refractivity contribution is -0.134. The van der Waals surface area contributed by atoms with Crippen molar-refractivity contribution in [2.24, 2.45) is 0 Å². The summed E-state index contributed by atoms with van der Waals surface area (Å²) in [4.78, 5) is 14.2. The third-order valence-corrected chi connectivity index (χ3v) is 4.28. The molecule has 0 spiro atoms. The number of amides is 1. The number of benzene rings is 1. The summed E-state index contributed by atoms with van der Waals surface area (Å²) in [5.74, 6) is 0.0787. The van der Waals surface area contributed by atoms with Gasteiger partial charge in [-0.15, -0.1) is 0 Å². The van der Waals surface area contributed by atoms with Crippen LogP contribution in [0.4, 0.5) is 0 Å². The molecule has 1 unspecified atom stereocenters. The number of methoxy groups -OCH3 is 1. The first-order valence-corrected chi connectivity index (χ1v) is 7.47. The van der Waals surface area contributed by atoms with Gasteiger partial charge in [0.2, 0.25) is 5.91 Å². The highest BCUT2D eigenvalue weighted by Gasteiger charge is 2.52. The summed E-state index contributed by atoms with van der Waals surface area (Å²) in [6.45, 7) is 0.536. The summed E-state index contributed by atoms with van der Waals surface area (Å²) in [6.07, 6.45) is 1.10. The molecule has 1 saturated carbocycles. The lowest BCUT2D eigenvalue weighted by atomic mass is 9.94. The fourth-order valence-electron chi connectivity index (χ4n) is 2.53. The zero-order chi connectivity index (χ0) is 14.8. The molecule has 1 atom stereocenters. The van der Waals surface area contributed by atoms with Gasteiger partial charge in [-0.25, -0.2) is 0 Å². The fourth-order valence-corrected chi connectivity index (χ4v) is 2.79. The van der Waals surface area contributed by atoms with Crippen LogP contribution in [0, 0.1) is 0 Å². The van der Waals surface area contributed by atoms with E-state index in [0.29, 0.717) is 6.54 Å². The number of aliphatic hydroxyl groups is 1. The number of carbonyl (C=O) groups excluding carboxylic acids is 1. The minimum Gasteiger partial charge on any atom is -0.389 e. The zero-order valence-electron chi connectivity index (χ0n) is 11.8. The van der Waals surface area contributed by atoms with Gasteiger partial charge in [0, 0.05) is 25.2 Å². The Labute approximate surface area is 127 Å². The quantitative estimate of drug-likeness (QED) is 0.860. The third kappa shape index (κ3) is 3.22. The maximum Gasteiger partial charge on any atom is 0.233 e. The maximum atomic E-state index is 12.6. The van der Waals surface area contributed by atoms with Crippen LogP contribution in [0.1, 0.15) is 18.4 Å². The van der Waals surface area contributed by atoms with Crippen molar-refractivity contribution < 1.29 is 14.6 Å². The Hall–Kier alpha value is -0.910. The normalized spacial score (nSPS) is 17.6. The Morgan fingerprint density at radius 1 is 1.45 bits per heavy atom. The highest BCUT2D eigenvalue weighted by Crippen LogP contribution is 2.49. The zero-order valence-corrected chi connectivity index (χ0v) is 13.4. The monoisotopic (exact) mass is 341 g/mol. The molecule has 5 heteroatoms. The van der Waals surface area contributed by atoms with E-state index in [1.807, 2.05) is 24.3 Å². The number of likely N-dealkylation sites (N-methyl/N-ethyl adjacent to an activating group) is 1. The number of halogens is 1. The summed E-state index contributed by atoms with van der Waals surface area (Å²) < 4.78 is 5.90. The van der Waals surface area contributed by atoms with Crippen LogP contribution < -0.4 is 0 Å². The summed E-state index contributed by atoms with van der Waals surface area (Å²) in [5.41, 5.74) is 0.668. The predicted octanol–water partition coefficient (Wildman–Crippen LogP) is 1.95. The molecule has 2 rings (SSSR count). The molecule has 1 aliphatic carbocycles. The maximum absolute atomic E-state index is 12.6. The van der Waals surface area contributed by atoms with Gasteiger partial charge in [0.05, 0.1) is 18.1 Å². The lowest BCUT2D eigenvalue weighted by Crippen LogP contribution is -2.41. The summed E-state index contributed by atoms with van der Waals surface area (Å²) in [7, 11) is 3.27. The highest BCUT2D eigenvalue weighted by molar-refractivity contribution is 9.10. The summed E-state index contributed by atoms with van der Waals surface area (Å²) >= 11 is 3.41. The van der Waals surface area contributed by atoms with E-state index in [-0.39, 0.29) is 17.9 Å². The standard InChI is InChI=1S/C15H20BrNO3/c1-17(9-13(18)10-20-2)14(19)15(7-8-15)11-3-5-12(16)6-4-11/h3-6,13,18H,7-10H2,1-2H3. The molecule has 0 radical (unpaired) electrons. The van der Waals surface area contributed by atoms with Crippen LogP contribution in [0.3, 0.4) is 0 Å². The van der Waals surface area contributed by atoms with Gasteiger partial charge in [-0.05, 0) is 30.5 Å². The number of nitrogens with zero attached hydrogens (tertiary/aromatic N) is 1. The number of ether oxygens (including phenoxy) is 1. The van der Waals surface area contributed by atoms with Crippen LogP contribution in [0.5, 0.6) is 0 Å². The topological polar surface area (TPSA) is 49.8 Å². The van der Waals surface area contributed by atoms with Crippen molar-refractivity contribution in [2.75, 3.05) is 27.3 Å². The van der Waals surface area contributed by atoms with E-state index in [2.05, 4.69) is 15.9 Å². The predicted molar refractivity (Wildman–Crippen MR) is 80.6 cm³/mol. The molecule has 1 aromatic carbocycles. The van der Waals surface area contributed by atoms with E-state index in [1.54, 1.807) is 11.9 Å². The number of hydrogen-bond acceptors (Lipinski definition) is 3. The molecule has 0 heterocycles. The molecule has 110 valence electrons. The number of hydrogen-bond donors (Lipinski definition) is 1. The molecular formula is C15H20BrNO3. The first kappa shape index (κ1) is 15.5. The molecule has 1 fully saturated rings. The number of rotatable bonds is 6. The molecule has 0 bridgehead atoms. The lowest BCUT2D eigenvalue weighted by Gasteiger charge is -2.25. The van der Waals surface area contributed by atoms with E-state index >= 15 is 0 Å². The van der Waals surface area contributed by atoms with Crippen LogP contribution in [0.25, 0.3) is 0 Å². The first-order chi connectivity index (χ1) is 9.49. The molecule has 4 nitrogen and oxygen atoms in total. The fraction of sp³-hybridized carbons (Fsp3) is 0.533. The second-order valence-electron chi connectivity index (χ2n) is 5.38. The SMILES string of the molecule is COCC(O)CN(C)C(=O)C1(c2ccc(Br)cc2)CC1. The second-order valence-corrected chi connectivity index (χ2v) is 6.30. The van der Waals surface area contributed by atoms with Crippen LogP contribution in [-0.4, -0.2) is 49.3 Å².